The van der Waals surface area contributed by atoms with E-state index in [1.165, 1.54) is 17.9 Å². The Morgan fingerprint density at radius 1 is 1.26 bits per heavy atom. The van der Waals surface area contributed by atoms with Gasteiger partial charge in [0, 0.05) is 23.5 Å². The molecule has 2 aromatic heterocycles. The molecule has 0 saturated heterocycles. The molecule has 7 heteroatoms. The van der Waals surface area contributed by atoms with Gasteiger partial charge in [-0.15, -0.1) is 0 Å². The molecule has 4 aromatic rings. The molecule has 0 spiro atoms. The van der Waals surface area contributed by atoms with Crippen molar-refractivity contribution in [3.8, 4) is 23.2 Å². The molecule has 0 radical (unpaired) electrons. The minimum atomic E-state index is -0.628. The van der Waals surface area contributed by atoms with Crippen molar-refractivity contribution >= 4 is 22.8 Å². The fraction of sp³-hybridized carbons (Fsp3) is 0.0500. The van der Waals surface area contributed by atoms with Gasteiger partial charge in [-0.2, -0.15) is 5.26 Å². The number of methoxy groups -OCH3 is 1. The van der Waals surface area contributed by atoms with E-state index in [-0.39, 0.29) is 16.9 Å². The van der Waals surface area contributed by atoms with E-state index >= 15 is 0 Å². The van der Waals surface area contributed by atoms with Crippen LogP contribution in [0.25, 0.3) is 28.2 Å². The fourth-order valence-electron chi connectivity index (χ4n) is 2.89. The van der Waals surface area contributed by atoms with Crippen molar-refractivity contribution < 1.29 is 13.9 Å². The Labute approximate surface area is 154 Å². The Morgan fingerprint density at radius 2 is 2.04 bits per heavy atom. The zero-order valence-corrected chi connectivity index (χ0v) is 14.3. The third-order valence-corrected chi connectivity index (χ3v) is 4.21. The minimum Gasteiger partial charge on any atom is -0.464 e. The average Bonchev–Trinajstić information content (AvgIpc) is 3.28. The van der Waals surface area contributed by atoms with Crippen LogP contribution in [0.3, 0.4) is 0 Å². The number of nitrogens with two attached hydrogens (primary N) is 1. The number of hydrogen-bond acceptors (Lipinski definition) is 6. The SMILES string of the molecule is COC(=O)c1c(N)c(C#N)cn1-c1ccc2nc(-c3ccccc3)oc2c1. The summed E-state index contributed by atoms with van der Waals surface area (Å²) in [6.45, 7) is 0. The summed E-state index contributed by atoms with van der Waals surface area (Å²) in [4.78, 5) is 16.6. The normalized spacial score (nSPS) is 10.7. The molecular weight excluding hydrogens is 344 g/mol. The number of nitriles is 1. The van der Waals surface area contributed by atoms with Gasteiger partial charge in [-0.25, -0.2) is 9.78 Å². The van der Waals surface area contributed by atoms with Crippen molar-refractivity contribution in [3.63, 3.8) is 0 Å². The van der Waals surface area contributed by atoms with Gasteiger partial charge in [-0.3, -0.25) is 0 Å². The summed E-state index contributed by atoms with van der Waals surface area (Å²) in [7, 11) is 1.26. The Hall–Kier alpha value is -4.05. The second-order valence-corrected chi connectivity index (χ2v) is 5.82. The number of carbonyl (C=O) groups excluding carboxylic acids is 1. The summed E-state index contributed by atoms with van der Waals surface area (Å²) in [5, 5.41) is 9.23. The van der Waals surface area contributed by atoms with Gasteiger partial charge in [-0.05, 0) is 24.3 Å². The number of hydrogen-bond donors (Lipinski definition) is 1. The maximum absolute atomic E-state index is 12.1. The number of nitrogen functional groups attached to an aromatic ring is 1. The molecule has 2 N–H and O–H groups in total. The lowest BCUT2D eigenvalue weighted by molar-refractivity contribution is 0.0593. The highest BCUT2D eigenvalue weighted by Crippen LogP contribution is 2.29. The first-order chi connectivity index (χ1) is 13.1. The van der Waals surface area contributed by atoms with Gasteiger partial charge in [0.1, 0.15) is 11.6 Å². The van der Waals surface area contributed by atoms with Crippen LogP contribution in [0.4, 0.5) is 5.69 Å². The Balaban J connectivity index is 1.86. The lowest BCUT2D eigenvalue weighted by atomic mass is 10.2. The maximum Gasteiger partial charge on any atom is 0.357 e. The quantitative estimate of drug-likeness (QED) is 0.561. The number of rotatable bonds is 3. The second-order valence-electron chi connectivity index (χ2n) is 5.82. The molecule has 0 saturated carbocycles. The van der Waals surface area contributed by atoms with Crippen LogP contribution in [-0.4, -0.2) is 22.6 Å². The van der Waals surface area contributed by atoms with Crippen LogP contribution in [0.2, 0.25) is 0 Å². The van der Waals surface area contributed by atoms with Gasteiger partial charge in [0.25, 0.3) is 0 Å². The molecule has 0 atom stereocenters. The van der Waals surface area contributed by atoms with Crippen molar-refractivity contribution in [1.29, 1.82) is 5.26 Å². The van der Waals surface area contributed by atoms with E-state index in [9.17, 15) is 10.1 Å². The topological polar surface area (TPSA) is 107 Å². The summed E-state index contributed by atoms with van der Waals surface area (Å²) in [6, 6.07) is 16.8. The molecule has 132 valence electrons. The van der Waals surface area contributed by atoms with Crippen LogP contribution in [-0.2, 0) is 4.74 Å². The van der Waals surface area contributed by atoms with Crippen LogP contribution in [0.1, 0.15) is 16.1 Å². The number of esters is 1. The summed E-state index contributed by atoms with van der Waals surface area (Å²) in [5.74, 6) is -0.127. The number of aromatic nitrogens is 2. The predicted molar refractivity (Wildman–Crippen MR) is 99.2 cm³/mol. The Bertz CT molecular complexity index is 1200. The summed E-state index contributed by atoms with van der Waals surface area (Å²) >= 11 is 0. The van der Waals surface area contributed by atoms with Gasteiger partial charge < -0.3 is 19.5 Å². The third kappa shape index (κ3) is 2.69. The van der Waals surface area contributed by atoms with Crippen LogP contribution in [0.5, 0.6) is 0 Å². The molecule has 0 bridgehead atoms. The van der Waals surface area contributed by atoms with Gasteiger partial charge in [0.05, 0.1) is 18.4 Å². The van der Waals surface area contributed by atoms with E-state index in [0.29, 0.717) is 22.7 Å². The van der Waals surface area contributed by atoms with E-state index in [2.05, 4.69) is 4.98 Å². The van der Waals surface area contributed by atoms with Crippen molar-refractivity contribution in [1.82, 2.24) is 9.55 Å². The maximum atomic E-state index is 12.1. The van der Waals surface area contributed by atoms with Crippen LogP contribution in [0, 0.1) is 11.3 Å². The van der Waals surface area contributed by atoms with E-state index < -0.39 is 5.97 Å². The van der Waals surface area contributed by atoms with Crippen molar-refractivity contribution in [2.24, 2.45) is 0 Å². The van der Waals surface area contributed by atoms with Crippen molar-refractivity contribution in [2.45, 2.75) is 0 Å². The van der Waals surface area contributed by atoms with Crippen LogP contribution >= 0.6 is 0 Å². The largest absolute Gasteiger partial charge is 0.464 e. The molecule has 2 heterocycles. The van der Waals surface area contributed by atoms with Crippen molar-refractivity contribution in [3.05, 3.63) is 66.0 Å². The molecule has 0 aliphatic heterocycles. The zero-order valence-electron chi connectivity index (χ0n) is 14.3. The number of carbonyl (C=O) groups is 1. The number of oxazole rings is 1. The third-order valence-electron chi connectivity index (χ3n) is 4.21. The van der Waals surface area contributed by atoms with E-state index in [1.807, 2.05) is 36.4 Å². The van der Waals surface area contributed by atoms with Crippen LogP contribution < -0.4 is 5.73 Å². The monoisotopic (exact) mass is 358 g/mol. The summed E-state index contributed by atoms with van der Waals surface area (Å²) in [6.07, 6.45) is 1.50. The first-order valence-electron chi connectivity index (χ1n) is 8.08. The summed E-state index contributed by atoms with van der Waals surface area (Å²) < 4.78 is 12.2. The number of fused-ring (bicyclic) bond motifs is 1. The first-order valence-corrected chi connectivity index (χ1v) is 8.08. The van der Waals surface area contributed by atoms with Gasteiger partial charge in [0.2, 0.25) is 5.89 Å². The second kappa shape index (κ2) is 6.35. The standard InChI is InChI=1S/C20H14N4O3/c1-26-20(25)18-17(22)13(10-21)11-24(18)14-7-8-15-16(9-14)27-19(23-15)12-5-3-2-4-6-12/h2-9,11H,22H2,1H3. The lowest BCUT2D eigenvalue weighted by Gasteiger charge is -2.08. The fourth-order valence-corrected chi connectivity index (χ4v) is 2.89. The number of ether oxygens (including phenoxy) is 1. The minimum absolute atomic E-state index is 0.0759. The zero-order chi connectivity index (χ0) is 19.0. The molecule has 4 rings (SSSR count). The highest BCUT2D eigenvalue weighted by atomic mass is 16.5. The molecule has 0 aliphatic carbocycles. The smallest absolute Gasteiger partial charge is 0.357 e. The van der Waals surface area contributed by atoms with Gasteiger partial charge in [-0.1, -0.05) is 18.2 Å². The van der Waals surface area contributed by atoms with Gasteiger partial charge >= 0.3 is 5.97 Å². The van der Waals surface area contributed by atoms with E-state index in [0.717, 1.165) is 5.56 Å². The first kappa shape index (κ1) is 16.4. The highest BCUT2D eigenvalue weighted by Gasteiger charge is 2.22. The molecule has 27 heavy (non-hydrogen) atoms. The molecule has 0 fully saturated rings. The summed E-state index contributed by atoms with van der Waals surface area (Å²) in [5.41, 5.74) is 9.00. The molecule has 0 amide bonds. The molecule has 0 aliphatic rings. The number of anilines is 1. The van der Waals surface area contributed by atoms with E-state index in [4.69, 9.17) is 14.9 Å². The Morgan fingerprint density at radius 3 is 2.74 bits per heavy atom. The molecule has 0 unspecified atom stereocenters. The number of benzene rings is 2. The molecule has 2 aromatic carbocycles. The lowest BCUT2D eigenvalue weighted by Crippen LogP contribution is -2.11. The molecule has 7 nitrogen and oxygen atoms in total. The van der Waals surface area contributed by atoms with Crippen LogP contribution in [0.15, 0.2) is 59.1 Å². The van der Waals surface area contributed by atoms with E-state index in [1.54, 1.807) is 18.2 Å². The Kier molecular flexibility index (Phi) is 3.86. The number of nitrogens with zero attached hydrogens (tertiary/aromatic N) is 3. The average molecular weight is 358 g/mol. The van der Waals surface area contributed by atoms with Crippen molar-refractivity contribution in [2.75, 3.05) is 12.8 Å². The highest BCUT2D eigenvalue weighted by molar-refractivity contribution is 5.96. The van der Waals surface area contributed by atoms with Gasteiger partial charge in [0.15, 0.2) is 11.3 Å². The predicted octanol–water partition coefficient (Wildman–Crippen LogP) is 3.53. The molecular formula is C20H14N4O3.